The van der Waals surface area contributed by atoms with Gasteiger partial charge in [-0.1, -0.05) is 12.1 Å². The number of nitrogens with zero attached hydrogens (tertiary/aromatic N) is 1. The molecule has 0 bridgehead atoms. The average molecular weight is 305 g/mol. The molecule has 1 aromatic carbocycles. The second-order valence-electron chi connectivity index (χ2n) is 5.32. The molecule has 0 aliphatic carbocycles. The van der Waals surface area contributed by atoms with Crippen molar-refractivity contribution in [3.8, 4) is 0 Å². The highest BCUT2D eigenvalue weighted by molar-refractivity contribution is 5.94. The maximum absolute atomic E-state index is 12.0. The molecule has 0 spiro atoms. The summed E-state index contributed by atoms with van der Waals surface area (Å²) in [5.74, 6) is -0.135. The summed E-state index contributed by atoms with van der Waals surface area (Å²) in [5, 5.41) is 5.65. The van der Waals surface area contributed by atoms with Crippen molar-refractivity contribution in [2.24, 2.45) is 0 Å². The van der Waals surface area contributed by atoms with E-state index in [1.54, 1.807) is 12.1 Å². The molecule has 0 unspecified atom stereocenters. The maximum atomic E-state index is 12.0. The van der Waals surface area contributed by atoms with Gasteiger partial charge in [0.05, 0.1) is 13.2 Å². The summed E-state index contributed by atoms with van der Waals surface area (Å²) >= 11 is 0. The number of hydrogen-bond acceptors (Lipinski definition) is 4. The molecule has 0 atom stereocenters. The van der Waals surface area contributed by atoms with E-state index in [1.807, 2.05) is 12.1 Å². The van der Waals surface area contributed by atoms with Crippen molar-refractivity contribution >= 4 is 11.8 Å². The van der Waals surface area contributed by atoms with Gasteiger partial charge in [-0.05, 0) is 17.7 Å². The third-order valence-corrected chi connectivity index (χ3v) is 3.57. The maximum Gasteiger partial charge on any atom is 0.251 e. The molecule has 6 nitrogen and oxygen atoms in total. The fourth-order valence-electron chi connectivity index (χ4n) is 2.25. The fourth-order valence-corrected chi connectivity index (χ4v) is 2.25. The summed E-state index contributed by atoms with van der Waals surface area (Å²) in [7, 11) is 0. The predicted molar refractivity (Wildman–Crippen MR) is 83.6 cm³/mol. The van der Waals surface area contributed by atoms with Gasteiger partial charge < -0.3 is 15.4 Å². The molecular formula is C16H23N3O3. The van der Waals surface area contributed by atoms with E-state index in [1.165, 1.54) is 6.92 Å². The minimum absolute atomic E-state index is 0.0649. The Hall–Kier alpha value is -1.92. The van der Waals surface area contributed by atoms with Crippen LogP contribution in [0, 0.1) is 0 Å². The predicted octanol–water partition coefficient (Wildman–Crippen LogP) is 0.385. The smallest absolute Gasteiger partial charge is 0.251 e. The van der Waals surface area contributed by atoms with Crippen molar-refractivity contribution in [3.63, 3.8) is 0 Å². The minimum Gasteiger partial charge on any atom is -0.379 e. The molecule has 2 rings (SSSR count). The van der Waals surface area contributed by atoms with Gasteiger partial charge in [-0.3, -0.25) is 14.5 Å². The van der Waals surface area contributed by atoms with Gasteiger partial charge in [-0.25, -0.2) is 0 Å². The van der Waals surface area contributed by atoms with Crippen LogP contribution in [0.1, 0.15) is 22.8 Å². The van der Waals surface area contributed by atoms with Gasteiger partial charge in [0.1, 0.15) is 0 Å². The summed E-state index contributed by atoms with van der Waals surface area (Å²) < 4.78 is 5.29. The molecule has 120 valence electrons. The summed E-state index contributed by atoms with van der Waals surface area (Å²) in [6, 6.07) is 7.27. The van der Waals surface area contributed by atoms with Crippen molar-refractivity contribution in [1.82, 2.24) is 15.5 Å². The SMILES string of the molecule is CC(=O)NCc1ccc(C(=O)NCCN2CCOCC2)cc1. The van der Waals surface area contributed by atoms with Crippen LogP contribution in [-0.4, -0.2) is 56.1 Å². The number of nitrogens with one attached hydrogen (secondary N) is 2. The molecule has 22 heavy (non-hydrogen) atoms. The van der Waals surface area contributed by atoms with E-state index in [9.17, 15) is 9.59 Å². The van der Waals surface area contributed by atoms with Gasteiger partial charge in [-0.15, -0.1) is 0 Å². The minimum atomic E-state index is -0.0701. The average Bonchev–Trinajstić information content (AvgIpc) is 2.54. The number of morpholine rings is 1. The second-order valence-corrected chi connectivity index (χ2v) is 5.32. The summed E-state index contributed by atoms with van der Waals surface area (Å²) in [4.78, 5) is 25.2. The molecule has 1 heterocycles. The van der Waals surface area contributed by atoms with E-state index < -0.39 is 0 Å². The van der Waals surface area contributed by atoms with Crippen LogP contribution in [0.4, 0.5) is 0 Å². The van der Waals surface area contributed by atoms with Crippen molar-refractivity contribution in [2.45, 2.75) is 13.5 Å². The number of carbonyl (C=O) groups is 2. The van der Waals surface area contributed by atoms with Crippen LogP contribution < -0.4 is 10.6 Å². The number of benzene rings is 1. The number of amides is 2. The van der Waals surface area contributed by atoms with E-state index >= 15 is 0 Å². The van der Waals surface area contributed by atoms with Crippen LogP contribution in [-0.2, 0) is 16.1 Å². The monoisotopic (exact) mass is 305 g/mol. The Morgan fingerprint density at radius 3 is 2.45 bits per heavy atom. The van der Waals surface area contributed by atoms with Crippen LogP contribution in [0.25, 0.3) is 0 Å². The summed E-state index contributed by atoms with van der Waals surface area (Å²) in [6.07, 6.45) is 0. The normalized spacial score (nSPS) is 15.3. The van der Waals surface area contributed by atoms with E-state index in [-0.39, 0.29) is 11.8 Å². The number of ether oxygens (including phenoxy) is 1. The number of carbonyl (C=O) groups excluding carboxylic acids is 2. The third kappa shape index (κ3) is 5.46. The quantitative estimate of drug-likeness (QED) is 0.797. The Morgan fingerprint density at radius 2 is 1.82 bits per heavy atom. The van der Waals surface area contributed by atoms with Crippen LogP contribution in [0.15, 0.2) is 24.3 Å². The first-order valence-electron chi connectivity index (χ1n) is 7.57. The zero-order chi connectivity index (χ0) is 15.8. The van der Waals surface area contributed by atoms with Gasteiger partial charge in [0.25, 0.3) is 5.91 Å². The molecule has 1 aliphatic heterocycles. The molecule has 1 fully saturated rings. The molecule has 1 aromatic rings. The molecule has 0 aromatic heterocycles. The van der Waals surface area contributed by atoms with E-state index in [4.69, 9.17) is 4.74 Å². The highest BCUT2D eigenvalue weighted by Crippen LogP contribution is 2.04. The second kappa shape index (κ2) is 8.51. The first-order valence-corrected chi connectivity index (χ1v) is 7.57. The lowest BCUT2D eigenvalue weighted by Crippen LogP contribution is -2.41. The Balaban J connectivity index is 1.73. The van der Waals surface area contributed by atoms with E-state index in [0.29, 0.717) is 18.7 Å². The molecule has 6 heteroatoms. The lowest BCUT2D eigenvalue weighted by molar-refractivity contribution is -0.119. The largest absolute Gasteiger partial charge is 0.379 e. The Kier molecular flexibility index (Phi) is 6.36. The highest BCUT2D eigenvalue weighted by atomic mass is 16.5. The third-order valence-electron chi connectivity index (χ3n) is 3.57. The van der Waals surface area contributed by atoms with Gasteiger partial charge in [0.15, 0.2) is 0 Å². The Morgan fingerprint density at radius 1 is 1.14 bits per heavy atom. The zero-order valence-corrected chi connectivity index (χ0v) is 12.9. The summed E-state index contributed by atoms with van der Waals surface area (Å²) in [6.45, 7) is 6.82. The molecule has 1 saturated heterocycles. The van der Waals surface area contributed by atoms with Crippen molar-refractivity contribution in [1.29, 1.82) is 0 Å². The van der Waals surface area contributed by atoms with E-state index in [2.05, 4.69) is 15.5 Å². The van der Waals surface area contributed by atoms with Crippen molar-refractivity contribution in [3.05, 3.63) is 35.4 Å². The first kappa shape index (κ1) is 16.5. The topological polar surface area (TPSA) is 70.7 Å². The first-order chi connectivity index (χ1) is 10.6. The molecule has 0 radical (unpaired) electrons. The lowest BCUT2D eigenvalue weighted by Gasteiger charge is -2.26. The van der Waals surface area contributed by atoms with Gasteiger partial charge in [0, 0.05) is 45.2 Å². The van der Waals surface area contributed by atoms with Crippen molar-refractivity contribution in [2.75, 3.05) is 39.4 Å². The molecule has 1 aliphatic rings. The van der Waals surface area contributed by atoms with Crippen molar-refractivity contribution < 1.29 is 14.3 Å². The molecular weight excluding hydrogens is 282 g/mol. The van der Waals surface area contributed by atoms with Gasteiger partial charge in [0.2, 0.25) is 5.91 Å². The van der Waals surface area contributed by atoms with Crippen LogP contribution in [0.5, 0.6) is 0 Å². The highest BCUT2D eigenvalue weighted by Gasteiger charge is 2.10. The Bertz CT molecular complexity index is 496. The molecule has 2 amide bonds. The molecule has 2 N–H and O–H groups in total. The van der Waals surface area contributed by atoms with Crippen LogP contribution in [0.2, 0.25) is 0 Å². The number of rotatable bonds is 6. The molecule has 0 saturated carbocycles. The number of hydrogen-bond donors (Lipinski definition) is 2. The van der Waals surface area contributed by atoms with E-state index in [0.717, 1.165) is 38.4 Å². The standard InChI is InChI=1S/C16H23N3O3/c1-13(20)18-12-14-2-4-15(5-3-14)16(21)17-6-7-19-8-10-22-11-9-19/h2-5H,6-12H2,1H3,(H,17,21)(H,18,20). The lowest BCUT2D eigenvalue weighted by atomic mass is 10.1. The van der Waals surface area contributed by atoms with Crippen LogP contribution >= 0.6 is 0 Å². The zero-order valence-electron chi connectivity index (χ0n) is 12.9. The van der Waals surface area contributed by atoms with Crippen LogP contribution in [0.3, 0.4) is 0 Å². The van der Waals surface area contributed by atoms with Gasteiger partial charge in [-0.2, -0.15) is 0 Å². The van der Waals surface area contributed by atoms with Gasteiger partial charge >= 0.3 is 0 Å². The fraction of sp³-hybridized carbons (Fsp3) is 0.500. The Labute approximate surface area is 130 Å². The summed E-state index contributed by atoms with van der Waals surface area (Å²) in [5.41, 5.74) is 1.61.